The van der Waals surface area contributed by atoms with Crippen LogP contribution < -0.4 is 11.4 Å². The summed E-state index contributed by atoms with van der Waals surface area (Å²) in [6, 6.07) is 0. The second kappa shape index (κ2) is 3.54. The van der Waals surface area contributed by atoms with E-state index in [0.717, 1.165) is 0 Å². The van der Waals surface area contributed by atoms with E-state index in [-0.39, 0.29) is 11.3 Å². The average Bonchev–Trinajstić information content (AvgIpc) is 2.12. The van der Waals surface area contributed by atoms with Gasteiger partial charge in [0.2, 0.25) is 0 Å². The molecule has 0 spiro atoms. The van der Waals surface area contributed by atoms with Crippen molar-refractivity contribution in [2.45, 2.75) is 0 Å². The van der Waals surface area contributed by atoms with Crippen LogP contribution in [0.15, 0.2) is 16.5 Å². The molecule has 1 aromatic heterocycles. The first-order valence-electron chi connectivity index (χ1n) is 3.39. The number of nitrogens with one attached hydrogen (secondary N) is 1. The quantitative estimate of drug-likeness (QED) is 0.700. The van der Waals surface area contributed by atoms with E-state index in [1.165, 1.54) is 0 Å². The van der Waals surface area contributed by atoms with E-state index in [9.17, 15) is 14.0 Å². The molecule has 0 saturated carbocycles. The lowest BCUT2D eigenvalue weighted by atomic mass is 10.2. The molecular weight excluding hydrogens is 372 g/mol. The molecule has 1 aliphatic rings. The van der Waals surface area contributed by atoms with Gasteiger partial charge in [-0.1, -0.05) is 20.7 Å². The molecule has 0 aromatic carbocycles. The van der Waals surface area contributed by atoms with E-state index >= 15 is 0 Å². The van der Waals surface area contributed by atoms with Crippen molar-refractivity contribution in [1.82, 2.24) is 4.98 Å². The Bertz CT molecular complexity index is 571. The molecule has 1 aliphatic heterocycles. The van der Waals surface area contributed by atoms with Crippen molar-refractivity contribution in [3.05, 3.63) is 34.7 Å². The number of aromatic nitrogens is 1. The molecule has 0 unspecified atom stereocenters. The molecule has 7 heteroatoms. The zero-order valence-corrected chi connectivity index (χ0v) is 10.2. The fourth-order valence-corrected chi connectivity index (χ4v) is 3.43. The number of hydrogen-bond donors (Lipinski definition) is 1. The number of fused-ring (bicyclic) bond motifs is 1. The molecule has 0 saturated heterocycles. The first-order valence-corrected chi connectivity index (χ1v) is 6.51. The summed E-state index contributed by atoms with van der Waals surface area (Å²) in [4.78, 5) is 24.1. The minimum absolute atomic E-state index is 0.0934. The Morgan fingerprint density at radius 3 is 2.93 bits per heavy atom. The number of rotatable bonds is 0. The van der Waals surface area contributed by atoms with E-state index in [2.05, 4.69) is 25.3 Å². The van der Waals surface area contributed by atoms with Gasteiger partial charge in [-0.05, 0) is 19.9 Å². The predicted octanol–water partition coefficient (Wildman–Crippen LogP) is 1.45. The van der Waals surface area contributed by atoms with Gasteiger partial charge in [0.15, 0.2) is 5.83 Å². The summed E-state index contributed by atoms with van der Waals surface area (Å²) >= 11 is 2.35. The van der Waals surface area contributed by atoms with Crippen molar-refractivity contribution < 1.29 is 8.81 Å². The molecule has 4 nitrogen and oxygen atoms in total. The third kappa shape index (κ3) is 1.54. The third-order valence-electron chi connectivity index (χ3n) is 1.55. The normalized spacial score (nSPS) is 15.0. The van der Waals surface area contributed by atoms with Crippen LogP contribution in [-0.4, -0.2) is 9.00 Å². The molecule has 0 aliphatic carbocycles. The van der Waals surface area contributed by atoms with Gasteiger partial charge in [-0.15, -0.1) is 0 Å². The Morgan fingerprint density at radius 1 is 1.50 bits per heavy atom. The molecule has 0 amide bonds. The molecule has 0 bridgehead atoms. The lowest BCUT2D eigenvalue weighted by molar-refractivity contribution is 0.445. The maximum Gasteiger partial charge on any atom is 0.419 e. The molecule has 2 rings (SSSR count). The summed E-state index contributed by atoms with van der Waals surface area (Å²) in [5.41, 5.74) is -0.777. The highest BCUT2D eigenvalue weighted by Crippen LogP contribution is 2.35. The molecule has 0 radical (unpaired) electrons. The molecule has 0 atom stereocenters. The Kier molecular flexibility index (Phi) is 2.52. The molecule has 74 valence electrons. The van der Waals surface area contributed by atoms with E-state index in [0.29, 0.717) is 2.49 Å². The van der Waals surface area contributed by atoms with E-state index in [1.54, 1.807) is 4.01 Å². The SMILES string of the molecule is O=c1[nH]c2c(c(=O)o1)C=IC(Br)=C2F. The zero-order valence-electron chi connectivity index (χ0n) is 6.44. The summed E-state index contributed by atoms with van der Waals surface area (Å²) in [5.74, 6) is -1.53. The monoisotopic (exact) mass is 373 g/mol. The summed E-state index contributed by atoms with van der Waals surface area (Å²) < 4.78 is 19.7. The van der Waals surface area contributed by atoms with Gasteiger partial charge < -0.3 is 4.42 Å². The second-order valence-corrected chi connectivity index (χ2v) is 6.98. The lowest BCUT2D eigenvalue weighted by Crippen LogP contribution is -2.22. The van der Waals surface area contributed by atoms with Crippen LogP contribution in [0.25, 0.3) is 5.83 Å². The third-order valence-corrected chi connectivity index (χ3v) is 5.01. The Balaban J connectivity index is 2.89. The smallest absolute Gasteiger partial charge is 0.372 e. The predicted molar refractivity (Wildman–Crippen MR) is 61.7 cm³/mol. The lowest BCUT2D eigenvalue weighted by Gasteiger charge is -2.05. The van der Waals surface area contributed by atoms with Crippen LogP contribution in [0.2, 0.25) is 0 Å². The van der Waals surface area contributed by atoms with Crippen molar-refractivity contribution in [3.8, 4) is 0 Å². The van der Waals surface area contributed by atoms with Crippen molar-refractivity contribution in [3.63, 3.8) is 0 Å². The van der Waals surface area contributed by atoms with Gasteiger partial charge in [0, 0.05) is 0 Å². The van der Waals surface area contributed by atoms with E-state index in [1.807, 2.05) is 0 Å². The highest BCUT2D eigenvalue weighted by Gasteiger charge is 2.19. The molecular formula is C7H2BrFINO3. The molecule has 14 heavy (non-hydrogen) atoms. The Labute approximate surface area is 94.7 Å². The summed E-state index contributed by atoms with van der Waals surface area (Å²) in [6.45, 7) is 0. The molecule has 1 aromatic rings. The molecule has 0 fully saturated rings. The van der Waals surface area contributed by atoms with Crippen LogP contribution in [0, 0.1) is 0 Å². The van der Waals surface area contributed by atoms with Crippen LogP contribution in [0.1, 0.15) is 11.3 Å². The number of aromatic amines is 1. The first kappa shape index (κ1) is 9.97. The molecule has 1 N–H and O–H groups in total. The van der Waals surface area contributed by atoms with Gasteiger partial charge in [-0.2, -0.15) is 0 Å². The number of hydrogen-bond acceptors (Lipinski definition) is 3. The van der Waals surface area contributed by atoms with Crippen molar-refractivity contribution >= 4 is 46.5 Å². The minimum atomic E-state index is -0.947. The first-order chi connectivity index (χ1) is 6.59. The van der Waals surface area contributed by atoms with E-state index in [4.69, 9.17) is 0 Å². The Hall–Kier alpha value is -0.570. The number of halogens is 3. The van der Waals surface area contributed by atoms with Gasteiger partial charge in [0.05, 0.1) is 13.7 Å². The van der Waals surface area contributed by atoms with Crippen molar-refractivity contribution in [1.29, 1.82) is 0 Å². The topological polar surface area (TPSA) is 63.1 Å². The van der Waals surface area contributed by atoms with Crippen LogP contribution in [-0.2, 0) is 0 Å². The molecule has 2 heterocycles. The van der Waals surface area contributed by atoms with E-state index < -0.39 is 37.9 Å². The van der Waals surface area contributed by atoms with Crippen LogP contribution >= 0.6 is 36.7 Å². The highest BCUT2D eigenvalue weighted by molar-refractivity contribution is 14.2. The second-order valence-electron chi connectivity index (χ2n) is 2.38. The van der Waals surface area contributed by atoms with Crippen molar-refractivity contribution in [2.75, 3.05) is 0 Å². The van der Waals surface area contributed by atoms with Gasteiger partial charge >= 0.3 is 11.4 Å². The van der Waals surface area contributed by atoms with Crippen LogP contribution in [0.4, 0.5) is 4.39 Å². The van der Waals surface area contributed by atoms with Crippen LogP contribution in [0.5, 0.6) is 0 Å². The largest absolute Gasteiger partial charge is 0.419 e. The van der Waals surface area contributed by atoms with Gasteiger partial charge in [0.1, 0.15) is 0 Å². The maximum absolute atomic E-state index is 13.4. The highest BCUT2D eigenvalue weighted by atomic mass is 127. The fraction of sp³-hybridized carbons (Fsp3) is 0. The maximum atomic E-state index is 13.4. The fourth-order valence-electron chi connectivity index (χ4n) is 0.953. The summed E-state index contributed by atoms with van der Waals surface area (Å²) in [6.07, 6.45) is 0. The van der Waals surface area contributed by atoms with Gasteiger partial charge in [-0.25, -0.2) is 14.0 Å². The Morgan fingerprint density at radius 2 is 2.21 bits per heavy atom. The average molecular weight is 374 g/mol. The van der Waals surface area contributed by atoms with Gasteiger partial charge in [0.25, 0.3) is 0 Å². The standard InChI is InChI=1S/C7H2BrFINO3/c8-5-3(9)4-2(1-10-5)6(12)14-7(13)11-4/h1H,(H,11,13). The summed E-state index contributed by atoms with van der Waals surface area (Å²) in [7, 11) is 0. The van der Waals surface area contributed by atoms with Gasteiger partial charge in [-0.3, -0.25) is 4.98 Å². The van der Waals surface area contributed by atoms with Crippen LogP contribution in [0.3, 0.4) is 0 Å². The number of H-pyrrole nitrogens is 1. The minimum Gasteiger partial charge on any atom is -0.372 e. The zero-order chi connectivity index (χ0) is 10.3. The summed E-state index contributed by atoms with van der Waals surface area (Å²) in [5, 5.41) is 0. The van der Waals surface area contributed by atoms with Crippen molar-refractivity contribution in [2.24, 2.45) is 0 Å².